The van der Waals surface area contributed by atoms with E-state index in [1.807, 2.05) is 48.5 Å². The van der Waals surface area contributed by atoms with Crippen molar-refractivity contribution in [3.8, 4) is 11.1 Å². The van der Waals surface area contributed by atoms with Crippen LogP contribution in [0.1, 0.15) is 37.3 Å². The van der Waals surface area contributed by atoms with Crippen molar-refractivity contribution in [2.45, 2.75) is 31.5 Å². The highest BCUT2D eigenvalue weighted by molar-refractivity contribution is 7.53. The van der Waals surface area contributed by atoms with Gasteiger partial charge in [0.15, 0.2) is 5.28 Å². The zero-order chi connectivity index (χ0) is 16.5. The van der Waals surface area contributed by atoms with Gasteiger partial charge in [0.2, 0.25) is 0 Å². The molecule has 2 aromatic carbocycles. The van der Waals surface area contributed by atoms with E-state index in [4.69, 9.17) is 0 Å². The summed E-state index contributed by atoms with van der Waals surface area (Å²) in [6, 6.07) is 15.0. The number of benzene rings is 2. The number of fused-ring (bicyclic) bond motifs is 3. The van der Waals surface area contributed by atoms with Gasteiger partial charge in [-0.05, 0) is 35.2 Å². The van der Waals surface area contributed by atoms with Crippen molar-refractivity contribution in [2.24, 2.45) is 0 Å². The van der Waals surface area contributed by atoms with E-state index in [0.29, 0.717) is 17.7 Å². The Bertz CT molecular complexity index is 708. The molecular formula is C18H22NO3P. The molecule has 1 aliphatic rings. The quantitative estimate of drug-likeness (QED) is 0.556. The predicted octanol–water partition coefficient (Wildman–Crippen LogP) is 3.83. The first-order valence-corrected chi connectivity index (χ1v) is 9.63. The van der Waals surface area contributed by atoms with E-state index in [2.05, 4.69) is 12.2 Å². The third-order valence-corrected chi connectivity index (χ3v) is 6.04. The van der Waals surface area contributed by atoms with Crippen LogP contribution in [-0.2, 0) is 9.85 Å². The fraction of sp³-hybridized carbons (Fsp3) is 0.333. The monoisotopic (exact) mass is 331 g/mol. The first kappa shape index (κ1) is 16.4. The Kier molecular flexibility index (Phi) is 4.43. The van der Waals surface area contributed by atoms with Crippen LogP contribution in [0.4, 0.5) is 0 Å². The number of hydrogen-bond acceptors (Lipinski definition) is 2. The minimum atomic E-state index is -4.47. The van der Waals surface area contributed by atoms with E-state index in [1.54, 1.807) is 0 Å². The molecule has 0 spiro atoms. The number of unbranched alkanes of at least 4 members (excludes halogenated alkanes) is 2. The minimum absolute atomic E-state index is 0.571. The third kappa shape index (κ3) is 2.56. The molecule has 5 heteroatoms. The summed E-state index contributed by atoms with van der Waals surface area (Å²) < 4.78 is 12.6. The Labute approximate surface area is 136 Å². The van der Waals surface area contributed by atoms with Crippen LogP contribution in [-0.4, -0.2) is 16.3 Å². The van der Waals surface area contributed by atoms with Gasteiger partial charge in [0.25, 0.3) is 0 Å². The number of rotatable bonds is 6. The van der Waals surface area contributed by atoms with Crippen molar-refractivity contribution in [1.29, 1.82) is 0 Å². The molecule has 0 amide bonds. The van der Waals surface area contributed by atoms with E-state index in [0.717, 1.165) is 30.4 Å². The lowest BCUT2D eigenvalue weighted by molar-refractivity contribution is 0.320. The Morgan fingerprint density at radius 2 is 1.48 bits per heavy atom. The highest BCUT2D eigenvalue weighted by atomic mass is 31.2. The molecule has 0 heterocycles. The average Bonchev–Trinajstić information content (AvgIpc) is 2.83. The lowest BCUT2D eigenvalue weighted by atomic mass is 10.0. The van der Waals surface area contributed by atoms with Crippen molar-refractivity contribution in [1.82, 2.24) is 5.32 Å². The van der Waals surface area contributed by atoms with Crippen molar-refractivity contribution in [3.05, 3.63) is 59.7 Å². The predicted molar refractivity (Wildman–Crippen MR) is 92.2 cm³/mol. The van der Waals surface area contributed by atoms with Crippen LogP contribution in [0.5, 0.6) is 0 Å². The standard InChI is InChI=1S/C18H22NO3P/c1-2-3-8-13-19-18(23(20,21)22)16-11-6-4-9-14(16)15-10-5-7-12-17(15)18/h4-7,9-12,19H,2-3,8,13H2,1H3,(H2,20,21,22). The van der Waals surface area contributed by atoms with Crippen LogP contribution >= 0.6 is 7.60 Å². The van der Waals surface area contributed by atoms with Crippen molar-refractivity contribution in [2.75, 3.05) is 6.54 Å². The molecule has 0 unspecified atom stereocenters. The largest absolute Gasteiger partial charge is 0.354 e. The van der Waals surface area contributed by atoms with Gasteiger partial charge in [-0.2, -0.15) is 0 Å². The van der Waals surface area contributed by atoms with Crippen LogP contribution < -0.4 is 5.32 Å². The van der Waals surface area contributed by atoms with Crippen molar-refractivity contribution in [3.63, 3.8) is 0 Å². The Morgan fingerprint density at radius 3 is 1.96 bits per heavy atom. The maximum atomic E-state index is 12.6. The van der Waals surface area contributed by atoms with Gasteiger partial charge in [0.1, 0.15) is 0 Å². The highest BCUT2D eigenvalue weighted by Gasteiger charge is 2.55. The smallest absolute Gasteiger partial charge is 0.323 e. The molecule has 0 radical (unpaired) electrons. The van der Waals surface area contributed by atoms with Crippen molar-refractivity contribution >= 4 is 7.60 Å². The van der Waals surface area contributed by atoms with Gasteiger partial charge in [-0.1, -0.05) is 68.3 Å². The molecule has 3 N–H and O–H groups in total. The fourth-order valence-corrected chi connectivity index (χ4v) is 4.80. The maximum Gasteiger partial charge on any atom is 0.354 e. The SMILES string of the molecule is CCCCCNC1(P(=O)(O)O)c2ccccc2-c2ccccc21. The highest BCUT2D eigenvalue weighted by Crippen LogP contribution is 2.65. The summed E-state index contributed by atoms with van der Waals surface area (Å²) in [5.41, 5.74) is 3.14. The van der Waals surface area contributed by atoms with Gasteiger partial charge in [0, 0.05) is 0 Å². The molecule has 2 aromatic rings. The lowest BCUT2D eigenvalue weighted by Gasteiger charge is -2.33. The van der Waals surface area contributed by atoms with Gasteiger partial charge in [-0.15, -0.1) is 0 Å². The molecule has 3 rings (SSSR count). The van der Waals surface area contributed by atoms with E-state index in [-0.39, 0.29) is 0 Å². The van der Waals surface area contributed by atoms with Crippen LogP contribution in [0.15, 0.2) is 48.5 Å². The van der Waals surface area contributed by atoms with Gasteiger partial charge in [-0.25, -0.2) is 0 Å². The molecule has 0 saturated carbocycles. The molecule has 0 bridgehead atoms. The summed E-state index contributed by atoms with van der Waals surface area (Å²) >= 11 is 0. The normalized spacial score (nSPS) is 15.3. The molecule has 23 heavy (non-hydrogen) atoms. The van der Waals surface area contributed by atoms with E-state index in [1.165, 1.54) is 0 Å². The summed E-state index contributed by atoms with van der Waals surface area (Å²) in [6.07, 6.45) is 2.99. The summed E-state index contributed by atoms with van der Waals surface area (Å²) in [5, 5.41) is 1.78. The number of hydrogen-bond donors (Lipinski definition) is 3. The van der Waals surface area contributed by atoms with Crippen molar-refractivity contribution < 1.29 is 14.4 Å². The molecule has 4 nitrogen and oxygen atoms in total. The van der Waals surface area contributed by atoms with Gasteiger partial charge >= 0.3 is 7.60 Å². The average molecular weight is 331 g/mol. The summed E-state index contributed by atoms with van der Waals surface area (Å²) in [6.45, 7) is 2.68. The molecule has 0 atom stereocenters. The molecule has 122 valence electrons. The number of nitrogens with one attached hydrogen (secondary N) is 1. The van der Waals surface area contributed by atoms with Gasteiger partial charge in [0.05, 0.1) is 0 Å². The Hall–Kier alpha value is -1.45. The fourth-order valence-electron chi connectivity index (χ4n) is 3.46. The molecule has 0 fully saturated rings. The second-order valence-corrected chi connectivity index (χ2v) is 7.74. The summed E-state index contributed by atoms with van der Waals surface area (Å²) in [5.74, 6) is 0. The zero-order valence-electron chi connectivity index (χ0n) is 13.2. The van der Waals surface area contributed by atoms with E-state index in [9.17, 15) is 14.4 Å². The molecular weight excluding hydrogens is 309 g/mol. The van der Waals surface area contributed by atoms with Crippen LogP contribution in [0.25, 0.3) is 11.1 Å². The Balaban J connectivity index is 2.16. The zero-order valence-corrected chi connectivity index (χ0v) is 14.1. The van der Waals surface area contributed by atoms with Gasteiger partial charge < -0.3 is 9.79 Å². The van der Waals surface area contributed by atoms with Crippen LogP contribution in [0.3, 0.4) is 0 Å². The second-order valence-electron chi connectivity index (χ2n) is 5.98. The topological polar surface area (TPSA) is 69.6 Å². The van der Waals surface area contributed by atoms with E-state index < -0.39 is 12.9 Å². The molecule has 0 saturated heterocycles. The third-order valence-electron chi connectivity index (χ3n) is 4.52. The van der Waals surface area contributed by atoms with Crippen LogP contribution in [0, 0.1) is 0 Å². The first-order valence-electron chi connectivity index (χ1n) is 8.02. The summed E-state index contributed by atoms with van der Waals surface area (Å²) in [4.78, 5) is 20.5. The summed E-state index contributed by atoms with van der Waals surface area (Å²) in [7, 11) is -4.47. The van der Waals surface area contributed by atoms with E-state index >= 15 is 0 Å². The lowest BCUT2D eigenvalue weighted by Crippen LogP contribution is -2.42. The second kappa shape index (κ2) is 6.21. The molecule has 0 aliphatic heterocycles. The molecule has 1 aliphatic carbocycles. The first-order chi connectivity index (χ1) is 11.0. The Morgan fingerprint density at radius 1 is 0.957 bits per heavy atom. The van der Waals surface area contributed by atoms with Gasteiger partial charge in [-0.3, -0.25) is 9.88 Å². The molecule has 0 aromatic heterocycles. The maximum absolute atomic E-state index is 12.6. The van der Waals surface area contributed by atoms with Crippen LogP contribution in [0.2, 0.25) is 0 Å². The minimum Gasteiger partial charge on any atom is -0.323 e.